The highest BCUT2D eigenvalue weighted by molar-refractivity contribution is 7.08. The number of amides is 1. The van der Waals surface area contributed by atoms with Gasteiger partial charge in [0.05, 0.1) is 0 Å². The number of nitrogens with one attached hydrogen (secondary N) is 2. The SMILES string of the molecule is O=C(/C=C/c1ccsc1)NCCCNc1ccccc1. The van der Waals surface area contributed by atoms with Crippen molar-refractivity contribution < 1.29 is 4.79 Å². The lowest BCUT2D eigenvalue weighted by molar-refractivity contribution is -0.116. The van der Waals surface area contributed by atoms with Gasteiger partial charge in [-0.2, -0.15) is 11.3 Å². The molecule has 104 valence electrons. The fourth-order valence-electron chi connectivity index (χ4n) is 1.69. The molecule has 2 rings (SSSR count). The number of para-hydroxylation sites is 1. The molecule has 0 saturated carbocycles. The van der Waals surface area contributed by atoms with E-state index in [0.717, 1.165) is 24.2 Å². The zero-order chi connectivity index (χ0) is 14.0. The van der Waals surface area contributed by atoms with Crippen LogP contribution >= 0.6 is 11.3 Å². The second kappa shape index (κ2) is 8.17. The summed E-state index contributed by atoms with van der Waals surface area (Å²) in [6.45, 7) is 1.52. The van der Waals surface area contributed by atoms with Crippen molar-refractivity contribution in [2.45, 2.75) is 6.42 Å². The molecule has 0 saturated heterocycles. The van der Waals surface area contributed by atoms with E-state index in [1.807, 2.05) is 53.2 Å². The third kappa shape index (κ3) is 5.28. The Morgan fingerprint density at radius 1 is 1.15 bits per heavy atom. The third-order valence-electron chi connectivity index (χ3n) is 2.73. The van der Waals surface area contributed by atoms with Gasteiger partial charge in [0, 0.05) is 24.9 Å². The molecule has 20 heavy (non-hydrogen) atoms. The summed E-state index contributed by atoms with van der Waals surface area (Å²) in [5.41, 5.74) is 2.17. The summed E-state index contributed by atoms with van der Waals surface area (Å²) in [6, 6.07) is 12.0. The molecule has 0 aliphatic rings. The number of benzene rings is 1. The van der Waals surface area contributed by atoms with Gasteiger partial charge in [0.15, 0.2) is 0 Å². The molecule has 0 fully saturated rings. The summed E-state index contributed by atoms with van der Waals surface area (Å²) in [5, 5.41) is 10.2. The van der Waals surface area contributed by atoms with E-state index in [1.165, 1.54) is 0 Å². The van der Waals surface area contributed by atoms with Crippen LogP contribution in [0.3, 0.4) is 0 Å². The number of anilines is 1. The van der Waals surface area contributed by atoms with E-state index in [4.69, 9.17) is 0 Å². The topological polar surface area (TPSA) is 41.1 Å². The highest BCUT2D eigenvalue weighted by Crippen LogP contribution is 2.07. The Labute approximate surface area is 123 Å². The minimum atomic E-state index is -0.0455. The fraction of sp³-hybridized carbons (Fsp3) is 0.188. The van der Waals surface area contributed by atoms with Gasteiger partial charge in [-0.1, -0.05) is 18.2 Å². The van der Waals surface area contributed by atoms with Gasteiger partial charge < -0.3 is 10.6 Å². The Hall–Kier alpha value is -2.07. The smallest absolute Gasteiger partial charge is 0.244 e. The lowest BCUT2D eigenvalue weighted by Gasteiger charge is -2.06. The van der Waals surface area contributed by atoms with E-state index in [9.17, 15) is 4.79 Å². The highest BCUT2D eigenvalue weighted by Gasteiger charge is 1.95. The minimum absolute atomic E-state index is 0.0455. The minimum Gasteiger partial charge on any atom is -0.385 e. The van der Waals surface area contributed by atoms with E-state index in [0.29, 0.717) is 6.54 Å². The van der Waals surface area contributed by atoms with E-state index >= 15 is 0 Å². The van der Waals surface area contributed by atoms with Crippen molar-refractivity contribution in [3.8, 4) is 0 Å². The molecular formula is C16H18N2OS. The second-order valence-electron chi connectivity index (χ2n) is 4.33. The lowest BCUT2D eigenvalue weighted by Crippen LogP contribution is -2.23. The Bertz CT molecular complexity index is 535. The van der Waals surface area contributed by atoms with Crippen molar-refractivity contribution in [2.75, 3.05) is 18.4 Å². The molecule has 0 radical (unpaired) electrons. The first-order valence-electron chi connectivity index (χ1n) is 6.61. The normalized spacial score (nSPS) is 10.6. The van der Waals surface area contributed by atoms with Crippen LogP contribution in [0.2, 0.25) is 0 Å². The van der Waals surface area contributed by atoms with Gasteiger partial charge in [0.2, 0.25) is 5.91 Å². The summed E-state index contributed by atoms with van der Waals surface area (Å²) in [5.74, 6) is -0.0455. The Morgan fingerprint density at radius 2 is 2.00 bits per heavy atom. The third-order valence-corrected chi connectivity index (χ3v) is 3.43. The molecular weight excluding hydrogens is 268 g/mol. The number of thiophene rings is 1. The molecule has 2 N–H and O–H groups in total. The van der Waals surface area contributed by atoms with Gasteiger partial charge in [-0.3, -0.25) is 4.79 Å². The molecule has 1 aromatic carbocycles. The van der Waals surface area contributed by atoms with Crippen molar-refractivity contribution in [2.24, 2.45) is 0 Å². The zero-order valence-electron chi connectivity index (χ0n) is 11.2. The molecule has 2 aromatic rings. The Balaban J connectivity index is 1.58. The Kier molecular flexibility index (Phi) is 5.86. The van der Waals surface area contributed by atoms with Crippen LogP contribution in [-0.2, 0) is 4.79 Å². The van der Waals surface area contributed by atoms with Crippen LogP contribution in [0.15, 0.2) is 53.2 Å². The van der Waals surface area contributed by atoms with Gasteiger partial charge in [-0.25, -0.2) is 0 Å². The monoisotopic (exact) mass is 286 g/mol. The van der Waals surface area contributed by atoms with Gasteiger partial charge >= 0.3 is 0 Å². The highest BCUT2D eigenvalue weighted by atomic mass is 32.1. The maximum absolute atomic E-state index is 11.6. The fourth-order valence-corrected chi connectivity index (χ4v) is 2.32. The average Bonchev–Trinajstić information content (AvgIpc) is 2.99. The molecule has 0 unspecified atom stereocenters. The lowest BCUT2D eigenvalue weighted by atomic mass is 10.3. The maximum Gasteiger partial charge on any atom is 0.244 e. The molecule has 0 aliphatic heterocycles. The molecule has 4 heteroatoms. The van der Waals surface area contributed by atoms with Crippen LogP contribution in [0.25, 0.3) is 6.08 Å². The zero-order valence-corrected chi connectivity index (χ0v) is 12.0. The molecule has 1 heterocycles. The van der Waals surface area contributed by atoms with Crippen molar-refractivity contribution in [3.05, 3.63) is 58.8 Å². The molecule has 3 nitrogen and oxygen atoms in total. The molecule has 0 bridgehead atoms. The number of rotatable bonds is 7. The molecule has 0 atom stereocenters. The van der Waals surface area contributed by atoms with Crippen LogP contribution in [0.4, 0.5) is 5.69 Å². The van der Waals surface area contributed by atoms with Gasteiger partial charge in [-0.05, 0) is 47.0 Å². The van der Waals surface area contributed by atoms with Gasteiger partial charge in [-0.15, -0.1) is 0 Å². The van der Waals surface area contributed by atoms with Crippen LogP contribution < -0.4 is 10.6 Å². The molecule has 1 aromatic heterocycles. The number of hydrogen-bond acceptors (Lipinski definition) is 3. The van der Waals surface area contributed by atoms with Crippen molar-refractivity contribution in [1.82, 2.24) is 5.32 Å². The number of carbonyl (C=O) groups excluding carboxylic acids is 1. The molecule has 0 aliphatic carbocycles. The first kappa shape index (κ1) is 14.3. The second-order valence-corrected chi connectivity index (χ2v) is 5.11. The first-order valence-corrected chi connectivity index (χ1v) is 7.56. The van der Waals surface area contributed by atoms with Crippen LogP contribution in [0, 0.1) is 0 Å². The van der Waals surface area contributed by atoms with E-state index in [-0.39, 0.29) is 5.91 Å². The van der Waals surface area contributed by atoms with E-state index in [2.05, 4.69) is 10.6 Å². The predicted octanol–water partition coefficient (Wildman–Crippen LogP) is 3.38. The van der Waals surface area contributed by atoms with Gasteiger partial charge in [0.25, 0.3) is 0 Å². The number of carbonyl (C=O) groups is 1. The summed E-state index contributed by atoms with van der Waals surface area (Å²) < 4.78 is 0. The summed E-state index contributed by atoms with van der Waals surface area (Å²) in [6.07, 6.45) is 4.30. The van der Waals surface area contributed by atoms with Crippen LogP contribution in [0.5, 0.6) is 0 Å². The predicted molar refractivity (Wildman–Crippen MR) is 85.9 cm³/mol. The summed E-state index contributed by atoms with van der Waals surface area (Å²) in [4.78, 5) is 11.6. The van der Waals surface area contributed by atoms with Crippen molar-refractivity contribution in [1.29, 1.82) is 0 Å². The van der Waals surface area contributed by atoms with Crippen molar-refractivity contribution >= 4 is 29.0 Å². The maximum atomic E-state index is 11.6. The standard InChI is InChI=1S/C16H18N2OS/c19-16(8-7-14-9-12-20-13-14)18-11-4-10-17-15-5-2-1-3-6-15/h1-3,5-9,12-13,17H,4,10-11H2,(H,18,19)/b8-7+. The summed E-state index contributed by atoms with van der Waals surface area (Å²) in [7, 11) is 0. The molecule has 0 spiro atoms. The largest absolute Gasteiger partial charge is 0.385 e. The molecule has 1 amide bonds. The van der Waals surface area contributed by atoms with Crippen LogP contribution in [-0.4, -0.2) is 19.0 Å². The van der Waals surface area contributed by atoms with E-state index < -0.39 is 0 Å². The van der Waals surface area contributed by atoms with Gasteiger partial charge in [0.1, 0.15) is 0 Å². The summed E-state index contributed by atoms with van der Waals surface area (Å²) >= 11 is 1.62. The first-order chi connectivity index (χ1) is 9.84. The average molecular weight is 286 g/mol. The van der Waals surface area contributed by atoms with Crippen molar-refractivity contribution in [3.63, 3.8) is 0 Å². The Morgan fingerprint density at radius 3 is 2.75 bits per heavy atom. The number of hydrogen-bond donors (Lipinski definition) is 2. The quantitative estimate of drug-likeness (QED) is 0.605. The van der Waals surface area contributed by atoms with Crippen LogP contribution in [0.1, 0.15) is 12.0 Å². The van der Waals surface area contributed by atoms with E-state index in [1.54, 1.807) is 17.4 Å².